The van der Waals surface area contributed by atoms with E-state index in [1.54, 1.807) is 19.1 Å². The topological polar surface area (TPSA) is 64.3 Å². The van der Waals surface area contributed by atoms with E-state index in [0.29, 0.717) is 5.57 Å². The summed E-state index contributed by atoms with van der Waals surface area (Å²) in [5, 5.41) is 3.34. The molecule has 1 aliphatic heterocycles. The minimum atomic E-state index is -0.358. The van der Waals surface area contributed by atoms with Gasteiger partial charge in [0.25, 0.3) is 0 Å². The number of hydrogen-bond donors (Lipinski definition) is 2. The SMILES string of the molecule is C=C(/C=C\C(=C/C)C(=O)OC)c1cccc2c1CNC=C2CC(C)(C)N. The molecule has 4 heteroatoms. The normalized spacial score (nSPS) is 14.5. The Morgan fingerprint density at radius 1 is 1.38 bits per heavy atom. The molecule has 3 N–H and O–H groups in total. The zero-order valence-corrected chi connectivity index (χ0v) is 16.1. The van der Waals surface area contributed by atoms with E-state index in [9.17, 15) is 4.79 Å². The van der Waals surface area contributed by atoms with Crippen molar-refractivity contribution in [2.24, 2.45) is 5.73 Å². The summed E-state index contributed by atoms with van der Waals surface area (Å²) in [6.45, 7) is 10.8. The fraction of sp³-hybridized carbons (Fsp3) is 0.318. The van der Waals surface area contributed by atoms with Gasteiger partial charge >= 0.3 is 5.97 Å². The molecule has 1 aliphatic rings. The summed E-state index contributed by atoms with van der Waals surface area (Å²) in [5.41, 5.74) is 11.9. The number of carbonyl (C=O) groups is 1. The van der Waals surface area contributed by atoms with E-state index in [1.165, 1.54) is 23.8 Å². The number of allylic oxidation sites excluding steroid dienone is 3. The lowest BCUT2D eigenvalue weighted by molar-refractivity contribution is -0.135. The van der Waals surface area contributed by atoms with Gasteiger partial charge in [0, 0.05) is 18.3 Å². The van der Waals surface area contributed by atoms with Crippen LogP contribution in [0.1, 0.15) is 43.9 Å². The van der Waals surface area contributed by atoms with E-state index in [2.05, 4.69) is 30.2 Å². The largest absolute Gasteiger partial charge is 0.465 e. The van der Waals surface area contributed by atoms with Crippen molar-refractivity contribution in [3.05, 3.63) is 71.5 Å². The number of ether oxygens (including phenoxy) is 1. The molecule has 0 fully saturated rings. The lowest BCUT2D eigenvalue weighted by Gasteiger charge is -2.27. The Bertz CT molecular complexity index is 793. The standard InChI is InChI=1S/C22H28N2O2/c1-6-16(21(25)26-5)11-10-15(2)18-8-7-9-19-17(12-22(3,4)23)13-24-14-20(18)19/h6-11,13,24H,2,12,14,23H2,1,3-5H3/b11-10-,16-6+. The Labute approximate surface area is 156 Å². The third-order valence-corrected chi connectivity index (χ3v) is 4.27. The first-order chi connectivity index (χ1) is 12.3. The summed E-state index contributed by atoms with van der Waals surface area (Å²) < 4.78 is 4.77. The molecular formula is C22H28N2O2. The lowest BCUT2D eigenvalue weighted by atomic mass is 9.85. The molecule has 138 valence electrons. The fourth-order valence-electron chi connectivity index (χ4n) is 3.05. The summed E-state index contributed by atoms with van der Waals surface area (Å²) in [6, 6.07) is 6.21. The molecule has 0 spiro atoms. The molecule has 4 nitrogen and oxygen atoms in total. The van der Waals surface area contributed by atoms with Crippen LogP contribution in [0.4, 0.5) is 0 Å². The molecule has 0 bridgehead atoms. The van der Waals surface area contributed by atoms with Gasteiger partial charge in [0.1, 0.15) is 0 Å². The van der Waals surface area contributed by atoms with Gasteiger partial charge < -0.3 is 15.8 Å². The predicted molar refractivity (Wildman–Crippen MR) is 108 cm³/mol. The molecule has 1 heterocycles. The molecule has 0 unspecified atom stereocenters. The Kier molecular flexibility index (Phi) is 6.22. The Hall–Kier alpha value is -2.59. The van der Waals surface area contributed by atoms with Crippen LogP contribution in [-0.4, -0.2) is 18.6 Å². The molecule has 0 saturated heterocycles. The molecule has 0 saturated carbocycles. The van der Waals surface area contributed by atoms with Crippen LogP contribution in [0.25, 0.3) is 11.1 Å². The highest BCUT2D eigenvalue weighted by molar-refractivity contribution is 5.92. The maximum Gasteiger partial charge on any atom is 0.337 e. The van der Waals surface area contributed by atoms with Gasteiger partial charge in [0.2, 0.25) is 0 Å². The van der Waals surface area contributed by atoms with Crippen LogP contribution in [-0.2, 0) is 16.1 Å². The van der Waals surface area contributed by atoms with Crippen LogP contribution in [0.2, 0.25) is 0 Å². The molecule has 0 amide bonds. The summed E-state index contributed by atoms with van der Waals surface area (Å²) in [7, 11) is 1.38. The first kappa shape index (κ1) is 19.7. The monoisotopic (exact) mass is 352 g/mol. The fourth-order valence-corrected chi connectivity index (χ4v) is 3.05. The van der Waals surface area contributed by atoms with Gasteiger partial charge in [0.05, 0.1) is 12.7 Å². The smallest absolute Gasteiger partial charge is 0.337 e. The molecule has 0 radical (unpaired) electrons. The number of benzene rings is 1. The second-order valence-corrected chi connectivity index (χ2v) is 7.14. The van der Waals surface area contributed by atoms with Crippen molar-refractivity contribution in [1.82, 2.24) is 5.32 Å². The Morgan fingerprint density at radius 2 is 2.12 bits per heavy atom. The van der Waals surface area contributed by atoms with Crippen molar-refractivity contribution in [2.45, 2.75) is 39.3 Å². The zero-order valence-electron chi connectivity index (χ0n) is 16.1. The third-order valence-electron chi connectivity index (χ3n) is 4.27. The van der Waals surface area contributed by atoms with Crippen LogP contribution in [0.3, 0.4) is 0 Å². The Balaban J connectivity index is 2.33. The van der Waals surface area contributed by atoms with Gasteiger partial charge in [-0.05, 0) is 61.1 Å². The van der Waals surface area contributed by atoms with Crippen LogP contribution < -0.4 is 11.1 Å². The van der Waals surface area contributed by atoms with E-state index < -0.39 is 0 Å². The zero-order chi connectivity index (χ0) is 19.3. The van der Waals surface area contributed by atoms with E-state index >= 15 is 0 Å². The molecule has 0 aliphatic carbocycles. The van der Waals surface area contributed by atoms with Gasteiger partial charge in [0.15, 0.2) is 0 Å². The molecule has 0 atom stereocenters. The molecular weight excluding hydrogens is 324 g/mol. The predicted octanol–water partition coefficient (Wildman–Crippen LogP) is 3.95. The number of methoxy groups -OCH3 is 1. The highest BCUT2D eigenvalue weighted by Crippen LogP contribution is 2.33. The number of hydrogen-bond acceptors (Lipinski definition) is 4. The first-order valence-electron chi connectivity index (χ1n) is 8.72. The van der Waals surface area contributed by atoms with Crippen LogP contribution in [0.5, 0.6) is 0 Å². The molecule has 0 aromatic heterocycles. The second-order valence-electron chi connectivity index (χ2n) is 7.14. The van der Waals surface area contributed by atoms with Crippen molar-refractivity contribution >= 4 is 17.1 Å². The summed E-state index contributed by atoms with van der Waals surface area (Å²) in [4.78, 5) is 11.7. The number of rotatable bonds is 6. The van der Waals surface area contributed by atoms with E-state index in [4.69, 9.17) is 10.5 Å². The van der Waals surface area contributed by atoms with Crippen molar-refractivity contribution in [3.63, 3.8) is 0 Å². The molecule has 2 rings (SSSR count). The number of nitrogens with two attached hydrogens (primary N) is 1. The van der Waals surface area contributed by atoms with Crippen molar-refractivity contribution in [3.8, 4) is 0 Å². The van der Waals surface area contributed by atoms with Crippen molar-refractivity contribution in [2.75, 3.05) is 7.11 Å². The maximum atomic E-state index is 11.7. The minimum absolute atomic E-state index is 0.281. The maximum absolute atomic E-state index is 11.7. The quantitative estimate of drug-likeness (QED) is 0.462. The van der Waals surface area contributed by atoms with Crippen LogP contribution >= 0.6 is 0 Å². The average Bonchev–Trinajstić information content (AvgIpc) is 2.60. The van der Waals surface area contributed by atoms with Crippen molar-refractivity contribution < 1.29 is 9.53 Å². The van der Waals surface area contributed by atoms with E-state index in [-0.39, 0.29) is 11.5 Å². The third kappa shape index (κ3) is 4.73. The van der Waals surface area contributed by atoms with E-state index in [1.807, 2.05) is 26.0 Å². The molecule has 1 aromatic carbocycles. The number of esters is 1. The molecule has 1 aromatic rings. The summed E-state index contributed by atoms with van der Waals surface area (Å²) in [5.74, 6) is -0.358. The highest BCUT2D eigenvalue weighted by Gasteiger charge is 2.21. The van der Waals surface area contributed by atoms with Crippen LogP contribution in [0.15, 0.2) is 54.8 Å². The average molecular weight is 352 g/mol. The number of carbonyl (C=O) groups excluding carboxylic acids is 1. The number of fused-ring (bicyclic) bond motifs is 1. The van der Waals surface area contributed by atoms with Gasteiger partial charge in [-0.2, -0.15) is 0 Å². The van der Waals surface area contributed by atoms with Crippen molar-refractivity contribution in [1.29, 1.82) is 0 Å². The van der Waals surface area contributed by atoms with Crippen LogP contribution in [0, 0.1) is 0 Å². The second kappa shape index (κ2) is 8.19. The van der Waals surface area contributed by atoms with Gasteiger partial charge in [-0.1, -0.05) is 36.9 Å². The molecule has 26 heavy (non-hydrogen) atoms. The number of nitrogens with one attached hydrogen (secondary N) is 1. The van der Waals surface area contributed by atoms with E-state index in [0.717, 1.165) is 24.1 Å². The van der Waals surface area contributed by atoms with Gasteiger partial charge in [-0.25, -0.2) is 4.79 Å². The highest BCUT2D eigenvalue weighted by atomic mass is 16.5. The van der Waals surface area contributed by atoms with Gasteiger partial charge in [-0.15, -0.1) is 0 Å². The summed E-state index contributed by atoms with van der Waals surface area (Å²) in [6.07, 6.45) is 8.15. The summed E-state index contributed by atoms with van der Waals surface area (Å²) >= 11 is 0. The Morgan fingerprint density at radius 3 is 2.73 bits per heavy atom. The first-order valence-corrected chi connectivity index (χ1v) is 8.72. The lowest BCUT2D eigenvalue weighted by Crippen LogP contribution is -2.33. The van der Waals surface area contributed by atoms with Gasteiger partial charge in [-0.3, -0.25) is 0 Å². The minimum Gasteiger partial charge on any atom is -0.465 e.